The molecule has 0 amide bonds. The second kappa shape index (κ2) is 8.27. The molecule has 4 heteroatoms. The van der Waals surface area contributed by atoms with Crippen molar-refractivity contribution in [3.05, 3.63) is 65.0 Å². The third-order valence-electron chi connectivity index (χ3n) is 4.44. The first kappa shape index (κ1) is 16.9. The minimum atomic E-state index is -0.174. The van der Waals surface area contributed by atoms with Crippen LogP contribution in [-0.4, -0.2) is 32.7 Å². The number of halogens is 1. The summed E-state index contributed by atoms with van der Waals surface area (Å²) in [5.74, 6) is -0.174. The number of aryl methyl sites for hydroxylation is 1. The highest BCUT2D eigenvalue weighted by Gasteiger charge is 2.11. The Balaban J connectivity index is 1.52. The molecule has 2 aromatic rings. The number of anilines is 1. The van der Waals surface area contributed by atoms with Crippen LogP contribution >= 0.6 is 0 Å². The van der Waals surface area contributed by atoms with Crippen molar-refractivity contribution in [3.63, 3.8) is 0 Å². The molecule has 0 unspecified atom stereocenters. The van der Waals surface area contributed by atoms with Gasteiger partial charge in [0.25, 0.3) is 0 Å². The smallest absolute Gasteiger partial charge is 0.123 e. The topological polar surface area (TPSA) is 27.3 Å². The maximum Gasteiger partial charge on any atom is 0.123 e. The Bertz CT molecular complexity index is 648. The Kier molecular flexibility index (Phi) is 5.83. The normalized spacial score (nSPS) is 14.8. The Hall–Kier alpha value is -1.91. The molecule has 0 spiro atoms. The lowest BCUT2D eigenvalue weighted by atomic mass is 10.1. The van der Waals surface area contributed by atoms with Gasteiger partial charge in [-0.2, -0.15) is 0 Å². The number of hydrogen-bond acceptors (Lipinski definition) is 3. The quantitative estimate of drug-likeness (QED) is 0.799. The van der Waals surface area contributed by atoms with E-state index in [2.05, 4.69) is 40.7 Å². The molecule has 3 rings (SSSR count). The lowest BCUT2D eigenvalue weighted by Crippen LogP contribution is -2.43. The van der Waals surface area contributed by atoms with E-state index in [0.29, 0.717) is 0 Å². The fourth-order valence-electron chi connectivity index (χ4n) is 3.16. The van der Waals surface area contributed by atoms with E-state index in [0.717, 1.165) is 51.3 Å². The van der Waals surface area contributed by atoms with E-state index in [4.69, 9.17) is 0 Å². The number of nitrogens with one attached hydrogen (secondary N) is 2. The summed E-state index contributed by atoms with van der Waals surface area (Å²) in [6.45, 7) is 8.17. The highest BCUT2D eigenvalue weighted by Crippen LogP contribution is 2.19. The van der Waals surface area contributed by atoms with E-state index in [-0.39, 0.29) is 5.82 Å². The molecule has 128 valence electrons. The minimum Gasteiger partial charge on any atom is -0.369 e. The Morgan fingerprint density at radius 2 is 1.79 bits per heavy atom. The molecule has 0 atom stereocenters. The maximum atomic E-state index is 12.9. The fourth-order valence-corrected chi connectivity index (χ4v) is 3.16. The summed E-state index contributed by atoms with van der Waals surface area (Å²) in [7, 11) is 0. The Labute approximate surface area is 143 Å². The van der Waals surface area contributed by atoms with Crippen molar-refractivity contribution in [1.82, 2.24) is 10.6 Å². The molecular weight excluding hydrogens is 301 g/mol. The van der Waals surface area contributed by atoms with Crippen LogP contribution in [0.15, 0.2) is 42.5 Å². The van der Waals surface area contributed by atoms with E-state index in [9.17, 15) is 4.39 Å². The average molecular weight is 327 g/mol. The van der Waals surface area contributed by atoms with E-state index in [1.54, 1.807) is 0 Å². The molecule has 3 nitrogen and oxygen atoms in total. The standard InChI is InChI=1S/C20H26FN3/c1-16-12-18(14-20(13-16)24-10-8-22-9-11-24)15-23-7-6-17-2-4-19(21)5-3-17/h2-5,12-14,22-23H,6-11,15H2,1H3. The molecule has 2 N–H and O–H groups in total. The van der Waals surface area contributed by atoms with Gasteiger partial charge in [-0.25, -0.2) is 4.39 Å². The number of nitrogens with zero attached hydrogens (tertiary/aromatic N) is 1. The first-order chi connectivity index (χ1) is 11.7. The number of piperazine rings is 1. The SMILES string of the molecule is Cc1cc(CNCCc2ccc(F)cc2)cc(N2CCNCC2)c1. The van der Waals surface area contributed by atoms with Gasteiger partial charge in [0.15, 0.2) is 0 Å². The van der Waals surface area contributed by atoms with Crippen LogP contribution in [0.25, 0.3) is 0 Å². The number of benzene rings is 2. The summed E-state index contributed by atoms with van der Waals surface area (Å²) in [6.07, 6.45) is 0.913. The molecule has 1 aliphatic rings. The van der Waals surface area contributed by atoms with Crippen LogP contribution < -0.4 is 15.5 Å². The summed E-state index contributed by atoms with van der Waals surface area (Å²) >= 11 is 0. The molecule has 1 heterocycles. The molecule has 1 saturated heterocycles. The molecule has 1 fully saturated rings. The average Bonchev–Trinajstić information content (AvgIpc) is 2.61. The van der Waals surface area contributed by atoms with Gasteiger partial charge in [-0.05, 0) is 60.8 Å². The molecule has 24 heavy (non-hydrogen) atoms. The van der Waals surface area contributed by atoms with Crippen molar-refractivity contribution >= 4 is 5.69 Å². The van der Waals surface area contributed by atoms with Crippen LogP contribution in [0.4, 0.5) is 10.1 Å². The molecule has 0 aromatic heterocycles. The van der Waals surface area contributed by atoms with Crippen molar-refractivity contribution in [1.29, 1.82) is 0 Å². The maximum absolute atomic E-state index is 12.9. The largest absolute Gasteiger partial charge is 0.369 e. The zero-order chi connectivity index (χ0) is 16.8. The van der Waals surface area contributed by atoms with Gasteiger partial charge in [-0.3, -0.25) is 0 Å². The second-order valence-corrected chi connectivity index (χ2v) is 6.47. The molecule has 1 aliphatic heterocycles. The third-order valence-corrected chi connectivity index (χ3v) is 4.44. The van der Waals surface area contributed by atoms with Gasteiger partial charge < -0.3 is 15.5 Å². The van der Waals surface area contributed by atoms with Crippen molar-refractivity contribution in [3.8, 4) is 0 Å². The van der Waals surface area contributed by atoms with Crippen LogP contribution in [0.3, 0.4) is 0 Å². The highest BCUT2D eigenvalue weighted by molar-refractivity contribution is 5.51. The molecule has 2 aromatic carbocycles. The van der Waals surface area contributed by atoms with Gasteiger partial charge in [0, 0.05) is 38.4 Å². The first-order valence-corrected chi connectivity index (χ1v) is 8.72. The molecule has 0 aliphatic carbocycles. The fraction of sp³-hybridized carbons (Fsp3) is 0.400. The molecule has 0 radical (unpaired) electrons. The minimum absolute atomic E-state index is 0.174. The van der Waals surface area contributed by atoms with E-state index in [1.807, 2.05) is 12.1 Å². The lowest BCUT2D eigenvalue weighted by Gasteiger charge is -2.30. The Morgan fingerprint density at radius 1 is 1.04 bits per heavy atom. The van der Waals surface area contributed by atoms with Crippen LogP contribution in [-0.2, 0) is 13.0 Å². The van der Waals surface area contributed by atoms with Gasteiger partial charge in [-0.15, -0.1) is 0 Å². The predicted molar refractivity (Wildman–Crippen MR) is 98.1 cm³/mol. The second-order valence-electron chi connectivity index (χ2n) is 6.47. The van der Waals surface area contributed by atoms with Crippen molar-refractivity contribution < 1.29 is 4.39 Å². The van der Waals surface area contributed by atoms with Crippen LogP contribution in [0.2, 0.25) is 0 Å². The Morgan fingerprint density at radius 3 is 2.54 bits per heavy atom. The van der Waals surface area contributed by atoms with Gasteiger partial charge >= 0.3 is 0 Å². The highest BCUT2D eigenvalue weighted by atomic mass is 19.1. The molecule has 0 saturated carbocycles. The number of rotatable bonds is 6. The van der Waals surface area contributed by atoms with Gasteiger partial charge in [0.1, 0.15) is 5.82 Å². The van der Waals surface area contributed by atoms with Gasteiger partial charge in [0.05, 0.1) is 0 Å². The van der Waals surface area contributed by atoms with Crippen molar-refractivity contribution in [2.45, 2.75) is 19.9 Å². The van der Waals surface area contributed by atoms with Gasteiger partial charge in [0.2, 0.25) is 0 Å². The van der Waals surface area contributed by atoms with Gasteiger partial charge in [-0.1, -0.05) is 18.2 Å². The summed E-state index contributed by atoms with van der Waals surface area (Å²) in [4.78, 5) is 2.45. The predicted octanol–water partition coefficient (Wildman–Crippen LogP) is 2.88. The first-order valence-electron chi connectivity index (χ1n) is 8.72. The molecular formula is C20H26FN3. The van der Waals surface area contributed by atoms with Crippen molar-refractivity contribution in [2.24, 2.45) is 0 Å². The summed E-state index contributed by atoms with van der Waals surface area (Å²) in [5.41, 5.74) is 5.12. The number of hydrogen-bond donors (Lipinski definition) is 2. The summed E-state index contributed by atoms with van der Waals surface area (Å²) in [5, 5.41) is 6.89. The van der Waals surface area contributed by atoms with Crippen LogP contribution in [0, 0.1) is 12.7 Å². The van der Waals surface area contributed by atoms with Crippen molar-refractivity contribution in [2.75, 3.05) is 37.6 Å². The monoisotopic (exact) mass is 327 g/mol. The molecule has 0 bridgehead atoms. The van der Waals surface area contributed by atoms with E-state index < -0.39 is 0 Å². The third kappa shape index (κ3) is 4.79. The van der Waals surface area contributed by atoms with E-state index >= 15 is 0 Å². The van der Waals surface area contributed by atoms with Crippen LogP contribution in [0.1, 0.15) is 16.7 Å². The zero-order valence-electron chi connectivity index (χ0n) is 14.3. The van der Waals surface area contributed by atoms with Crippen LogP contribution in [0.5, 0.6) is 0 Å². The zero-order valence-corrected chi connectivity index (χ0v) is 14.3. The summed E-state index contributed by atoms with van der Waals surface area (Å²) < 4.78 is 12.9. The lowest BCUT2D eigenvalue weighted by molar-refractivity contribution is 0.588. The summed E-state index contributed by atoms with van der Waals surface area (Å²) in [6, 6.07) is 13.6. The van der Waals surface area contributed by atoms with E-state index in [1.165, 1.54) is 28.9 Å².